The van der Waals surface area contributed by atoms with E-state index in [1.165, 1.54) is 30.4 Å². The van der Waals surface area contributed by atoms with Gasteiger partial charge in [0.1, 0.15) is 5.75 Å². The van der Waals surface area contributed by atoms with Gasteiger partial charge in [-0.3, -0.25) is 9.59 Å². The maximum Gasteiger partial charge on any atom is 0.242 e. The first-order valence-corrected chi connectivity index (χ1v) is 13.6. The zero-order chi connectivity index (χ0) is 24.8. The van der Waals surface area contributed by atoms with Crippen LogP contribution in [0, 0.1) is 11.8 Å². The highest BCUT2D eigenvalue weighted by Crippen LogP contribution is 2.29. The zero-order valence-electron chi connectivity index (χ0n) is 20.0. The first-order chi connectivity index (χ1) is 16.9. The number of methoxy groups -OCH3 is 1. The van der Waals surface area contributed by atoms with E-state index in [1.54, 1.807) is 17.0 Å². The minimum Gasteiger partial charge on any atom is -0.497 e. The maximum absolute atomic E-state index is 12.6. The lowest BCUT2D eigenvalue weighted by Crippen LogP contribution is -2.44. The highest BCUT2D eigenvalue weighted by molar-refractivity contribution is 7.89. The van der Waals surface area contributed by atoms with Gasteiger partial charge in [0.25, 0.3) is 0 Å². The minimum absolute atomic E-state index is 0.0165. The number of carbonyl (C=O) groups is 2. The highest BCUT2D eigenvalue weighted by atomic mass is 32.2. The largest absolute Gasteiger partial charge is 0.497 e. The molecule has 2 aromatic rings. The summed E-state index contributed by atoms with van der Waals surface area (Å²) in [5.41, 5.74) is 2.45. The van der Waals surface area contributed by atoms with Gasteiger partial charge < -0.3 is 15.0 Å². The Morgan fingerprint density at radius 1 is 1.00 bits per heavy atom. The fraction of sp³-hybridized carbons (Fsp3) is 0.462. The molecule has 2 aliphatic rings. The second-order valence-electron chi connectivity index (χ2n) is 9.30. The van der Waals surface area contributed by atoms with Crippen LogP contribution in [0.2, 0.25) is 0 Å². The summed E-state index contributed by atoms with van der Waals surface area (Å²) in [6.45, 7) is 1.62. The van der Waals surface area contributed by atoms with Crippen LogP contribution in [0.3, 0.4) is 0 Å². The number of fused-ring (bicyclic) bond motifs is 1. The van der Waals surface area contributed by atoms with Crippen LogP contribution in [0.1, 0.15) is 36.8 Å². The van der Waals surface area contributed by atoms with E-state index in [0.717, 1.165) is 19.3 Å². The van der Waals surface area contributed by atoms with Crippen molar-refractivity contribution >= 4 is 21.8 Å². The summed E-state index contributed by atoms with van der Waals surface area (Å²) < 4.78 is 32.8. The molecular formula is C26H33N3O5S. The third-order valence-electron chi connectivity index (χ3n) is 7.05. The Labute approximate surface area is 207 Å². The third kappa shape index (κ3) is 6.41. The van der Waals surface area contributed by atoms with Crippen molar-refractivity contribution in [2.75, 3.05) is 26.7 Å². The molecule has 1 heterocycles. The number of nitrogens with one attached hydrogen (secondary N) is 2. The van der Waals surface area contributed by atoms with Crippen molar-refractivity contribution in [2.45, 2.75) is 43.5 Å². The Morgan fingerprint density at radius 2 is 1.69 bits per heavy atom. The molecule has 2 aromatic carbocycles. The Bertz CT molecular complexity index is 1140. The van der Waals surface area contributed by atoms with E-state index < -0.39 is 10.0 Å². The lowest BCUT2D eigenvalue weighted by molar-refractivity contribution is -0.135. The van der Waals surface area contributed by atoms with Crippen molar-refractivity contribution in [3.8, 4) is 5.75 Å². The summed E-state index contributed by atoms with van der Waals surface area (Å²) >= 11 is 0. The molecule has 0 atom stereocenters. The third-order valence-corrected chi connectivity index (χ3v) is 8.49. The topological polar surface area (TPSA) is 105 Å². The molecule has 188 valence electrons. The first-order valence-electron chi connectivity index (χ1n) is 12.1. The Morgan fingerprint density at radius 3 is 2.37 bits per heavy atom. The summed E-state index contributed by atoms with van der Waals surface area (Å²) in [4.78, 5) is 27.3. The second-order valence-corrected chi connectivity index (χ2v) is 11.1. The van der Waals surface area contributed by atoms with Crippen molar-refractivity contribution in [3.05, 3.63) is 59.7 Å². The number of hydrogen-bond donors (Lipinski definition) is 2. The number of benzene rings is 2. The fourth-order valence-corrected chi connectivity index (χ4v) is 5.94. The maximum atomic E-state index is 12.6. The predicted octanol–water partition coefficient (Wildman–Crippen LogP) is 2.48. The molecule has 0 saturated heterocycles. The van der Waals surface area contributed by atoms with Crippen molar-refractivity contribution in [1.82, 2.24) is 14.9 Å². The Balaban J connectivity index is 1.18. The van der Waals surface area contributed by atoms with Crippen molar-refractivity contribution in [2.24, 2.45) is 11.8 Å². The minimum atomic E-state index is -3.59. The van der Waals surface area contributed by atoms with E-state index in [4.69, 9.17) is 4.74 Å². The normalized spacial score (nSPS) is 20.1. The van der Waals surface area contributed by atoms with Crippen LogP contribution in [-0.4, -0.2) is 51.9 Å². The fourth-order valence-electron chi connectivity index (χ4n) is 4.82. The van der Waals surface area contributed by atoms with Gasteiger partial charge in [0.15, 0.2) is 0 Å². The van der Waals surface area contributed by atoms with Crippen LogP contribution in [0.4, 0.5) is 0 Å². The van der Waals surface area contributed by atoms with Crippen LogP contribution >= 0.6 is 0 Å². The van der Waals surface area contributed by atoms with E-state index in [-0.39, 0.29) is 35.1 Å². The van der Waals surface area contributed by atoms with Gasteiger partial charge in [0.2, 0.25) is 21.8 Å². The lowest BCUT2D eigenvalue weighted by Gasteiger charge is -2.30. The summed E-state index contributed by atoms with van der Waals surface area (Å²) in [6.07, 6.45) is 3.74. The van der Waals surface area contributed by atoms with Gasteiger partial charge in [-0.1, -0.05) is 24.3 Å². The van der Waals surface area contributed by atoms with Crippen LogP contribution in [0.25, 0.3) is 0 Å². The molecule has 0 spiro atoms. The van der Waals surface area contributed by atoms with E-state index in [0.29, 0.717) is 38.2 Å². The van der Waals surface area contributed by atoms with Crippen LogP contribution < -0.4 is 14.8 Å². The molecule has 2 amide bonds. The van der Waals surface area contributed by atoms with Gasteiger partial charge >= 0.3 is 0 Å². The van der Waals surface area contributed by atoms with Crippen molar-refractivity contribution in [1.29, 1.82) is 0 Å². The number of amides is 2. The smallest absolute Gasteiger partial charge is 0.242 e. The Kier molecular flexibility index (Phi) is 8.07. The van der Waals surface area contributed by atoms with E-state index in [9.17, 15) is 18.0 Å². The summed E-state index contributed by atoms with van der Waals surface area (Å²) in [5, 5.41) is 2.82. The van der Waals surface area contributed by atoms with Gasteiger partial charge in [0, 0.05) is 25.6 Å². The molecule has 9 heteroatoms. The predicted molar refractivity (Wildman–Crippen MR) is 132 cm³/mol. The van der Waals surface area contributed by atoms with Crippen LogP contribution in [-0.2, 0) is 32.6 Å². The zero-order valence-corrected chi connectivity index (χ0v) is 20.9. The number of sulfonamides is 1. The highest BCUT2D eigenvalue weighted by Gasteiger charge is 2.28. The van der Waals surface area contributed by atoms with Gasteiger partial charge in [0.05, 0.1) is 18.6 Å². The molecular weight excluding hydrogens is 466 g/mol. The van der Waals surface area contributed by atoms with Gasteiger partial charge in [-0.15, -0.1) is 0 Å². The standard InChI is InChI=1S/C26H33N3O5S/c1-34-23-10-12-24(13-11-23)35(32,33)28-16-19-6-8-21(9-7-19)26(31)27-17-25(30)29-15-14-20-4-2-3-5-22(20)18-29/h2-5,10-13,19,21,28H,6-9,14-18H2,1H3,(H,27,31). The van der Waals surface area contributed by atoms with Gasteiger partial charge in [-0.2, -0.15) is 0 Å². The van der Waals surface area contributed by atoms with Crippen LogP contribution in [0.5, 0.6) is 5.75 Å². The number of carbonyl (C=O) groups excluding carboxylic acids is 2. The molecule has 0 bridgehead atoms. The number of hydrogen-bond acceptors (Lipinski definition) is 5. The lowest BCUT2D eigenvalue weighted by atomic mass is 9.81. The SMILES string of the molecule is COc1ccc(S(=O)(=O)NCC2CCC(C(=O)NCC(=O)N3CCc4ccccc4C3)CC2)cc1. The molecule has 1 saturated carbocycles. The average Bonchev–Trinajstić information content (AvgIpc) is 2.90. The summed E-state index contributed by atoms with van der Waals surface area (Å²) in [6, 6.07) is 14.4. The Hall–Kier alpha value is -2.91. The average molecular weight is 500 g/mol. The molecule has 0 aromatic heterocycles. The molecule has 1 aliphatic heterocycles. The monoisotopic (exact) mass is 499 g/mol. The van der Waals surface area contributed by atoms with Crippen molar-refractivity contribution < 1.29 is 22.7 Å². The molecule has 0 radical (unpaired) electrons. The quantitative estimate of drug-likeness (QED) is 0.581. The summed E-state index contributed by atoms with van der Waals surface area (Å²) in [7, 11) is -2.06. The molecule has 8 nitrogen and oxygen atoms in total. The molecule has 0 unspecified atom stereocenters. The molecule has 4 rings (SSSR count). The number of rotatable bonds is 8. The number of nitrogens with zero attached hydrogens (tertiary/aromatic N) is 1. The van der Waals surface area contributed by atoms with Crippen molar-refractivity contribution in [3.63, 3.8) is 0 Å². The van der Waals surface area contributed by atoms with Crippen LogP contribution in [0.15, 0.2) is 53.4 Å². The van der Waals surface area contributed by atoms with Gasteiger partial charge in [-0.05, 0) is 73.4 Å². The first kappa shape index (κ1) is 25.2. The molecule has 1 fully saturated rings. The van der Waals surface area contributed by atoms with E-state index >= 15 is 0 Å². The molecule has 35 heavy (non-hydrogen) atoms. The van der Waals surface area contributed by atoms with E-state index in [2.05, 4.69) is 16.1 Å². The molecule has 1 aliphatic carbocycles. The summed E-state index contributed by atoms with van der Waals surface area (Å²) in [5.74, 6) is 0.493. The number of ether oxygens (including phenoxy) is 1. The molecule has 2 N–H and O–H groups in total. The van der Waals surface area contributed by atoms with E-state index in [1.807, 2.05) is 18.2 Å². The second kappa shape index (κ2) is 11.2. The van der Waals surface area contributed by atoms with Gasteiger partial charge in [-0.25, -0.2) is 13.1 Å².